The van der Waals surface area contributed by atoms with E-state index in [1.54, 1.807) is 23.0 Å². The Kier molecular flexibility index (Phi) is 3.75. The Morgan fingerprint density at radius 2 is 2.21 bits per heavy atom. The molecule has 0 bridgehead atoms. The van der Waals surface area contributed by atoms with Crippen molar-refractivity contribution in [3.8, 4) is 5.82 Å². The molecule has 5 nitrogen and oxygen atoms in total. The molecule has 0 aliphatic heterocycles. The molecule has 0 radical (unpaired) electrons. The molecular formula is C14H15N3O2. The highest BCUT2D eigenvalue weighted by Gasteiger charge is 2.08. The number of carbonyl (C=O) groups is 1. The van der Waals surface area contributed by atoms with E-state index in [1.807, 2.05) is 12.3 Å². The average molecular weight is 257 g/mol. The molecule has 2 aromatic heterocycles. The quantitative estimate of drug-likeness (QED) is 0.854. The third-order valence-corrected chi connectivity index (χ3v) is 2.64. The Hall–Kier alpha value is -2.43. The molecule has 2 aromatic rings. The third kappa shape index (κ3) is 3.07. The van der Waals surface area contributed by atoms with Crippen molar-refractivity contribution in [2.45, 2.75) is 19.8 Å². The van der Waals surface area contributed by atoms with Gasteiger partial charge in [0.05, 0.1) is 5.69 Å². The van der Waals surface area contributed by atoms with Gasteiger partial charge < -0.3 is 5.11 Å². The van der Waals surface area contributed by atoms with Crippen LogP contribution in [0.3, 0.4) is 0 Å². The minimum absolute atomic E-state index is 0.336. The van der Waals surface area contributed by atoms with Gasteiger partial charge in [0.15, 0.2) is 5.82 Å². The van der Waals surface area contributed by atoms with Crippen LogP contribution in [0.1, 0.15) is 31.0 Å². The molecule has 0 spiro atoms. The Balaban J connectivity index is 2.41. The zero-order valence-electron chi connectivity index (χ0n) is 10.8. The summed E-state index contributed by atoms with van der Waals surface area (Å²) in [7, 11) is 0. The first kappa shape index (κ1) is 13.0. The van der Waals surface area contributed by atoms with Crippen molar-refractivity contribution < 1.29 is 9.90 Å². The maximum atomic E-state index is 10.6. The number of rotatable bonds is 4. The number of hydrogen-bond donors (Lipinski definition) is 1. The molecule has 0 aliphatic rings. The van der Waals surface area contributed by atoms with E-state index in [1.165, 1.54) is 6.08 Å². The summed E-state index contributed by atoms with van der Waals surface area (Å²) in [6.07, 6.45) is 6.09. The minimum atomic E-state index is -0.988. The second-order valence-electron chi connectivity index (χ2n) is 4.43. The summed E-state index contributed by atoms with van der Waals surface area (Å²) in [4.78, 5) is 14.8. The van der Waals surface area contributed by atoms with E-state index >= 15 is 0 Å². The molecule has 0 aliphatic carbocycles. The molecule has 5 heteroatoms. The van der Waals surface area contributed by atoms with E-state index in [4.69, 9.17) is 5.11 Å². The highest BCUT2D eigenvalue weighted by molar-refractivity contribution is 5.85. The van der Waals surface area contributed by atoms with Crippen molar-refractivity contribution in [2.24, 2.45) is 0 Å². The Morgan fingerprint density at radius 3 is 2.84 bits per heavy atom. The van der Waals surface area contributed by atoms with E-state index in [0.717, 1.165) is 11.8 Å². The predicted octanol–water partition coefficient (Wildman–Crippen LogP) is 2.49. The number of carboxylic acid groups (broad SMARTS) is 1. The van der Waals surface area contributed by atoms with Crippen molar-refractivity contribution in [2.75, 3.05) is 0 Å². The topological polar surface area (TPSA) is 68.0 Å². The summed E-state index contributed by atoms with van der Waals surface area (Å²) in [6, 6.07) is 5.50. The lowest BCUT2D eigenvalue weighted by molar-refractivity contribution is -0.131. The molecule has 1 N–H and O–H groups in total. The lowest BCUT2D eigenvalue weighted by Crippen LogP contribution is -2.02. The number of carboxylic acids is 1. The van der Waals surface area contributed by atoms with E-state index in [9.17, 15) is 4.79 Å². The van der Waals surface area contributed by atoms with Crippen LogP contribution in [-0.4, -0.2) is 25.8 Å². The summed E-state index contributed by atoms with van der Waals surface area (Å²) in [5, 5.41) is 13.1. The Labute approximate surface area is 111 Å². The molecule has 0 aromatic carbocycles. The van der Waals surface area contributed by atoms with Crippen molar-refractivity contribution in [1.82, 2.24) is 14.8 Å². The highest BCUT2D eigenvalue weighted by atomic mass is 16.4. The van der Waals surface area contributed by atoms with E-state index in [-0.39, 0.29) is 0 Å². The predicted molar refractivity (Wildman–Crippen MR) is 72.1 cm³/mol. The van der Waals surface area contributed by atoms with Gasteiger partial charge >= 0.3 is 5.97 Å². The molecule has 2 rings (SSSR count). The van der Waals surface area contributed by atoms with Crippen LogP contribution in [0.5, 0.6) is 0 Å². The fraction of sp³-hybridized carbons (Fsp3) is 0.214. The van der Waals surface area contributed by atoms with Crippen LogP contribution < -0.4 is 0 Å². The number of pyridine rings is 1. The van der Waals surface area contributed by atoms with Crippen molar-refractivity contribution in [3.63, 3.8) is 0 Å². The van der Waals surface area contributed by atoms with Gasteiger partial charge in [-0.2, -0.15) is 5.10 Å². The van der Waals surface area contributed by atoms with Gasteiger partial charge in [-0.3, -0.25) is 0 Å². The molecule has 0 fully saturated rings. The van der Waals surface area contributed by atoms with E-state index in [2.05, 4.69) is 23.9 Å². The molecule has 0 amide bonds. The Morgan fingerprint density at radius 1 is 1.42 bits per heavy atom. The highest BCUT2D eigenvalue weighted by Crippen LogP contribution is 2.16. The molecule has 0 unspecified atom stereocenters. The monoisotopic (exact) mass is 257 g/mol. The van der Waals surface area contributed by atoms with Crippen LogP contribution in [0.15, 0.2) is 36.7 Å². The van der Waals surface area contributed by atoms with Gasteiger partial charge in [-0.1, -0.05) is 13.8 Å². The van der Waals surface area contributed by atoms with Gasteiger partial charge in [-0.25, -0.2) is 14.5 Å². The van der Waals surface area contributed by atoms with Crippen LogP contribution in [0.25, 0.3) is 11.9 Å². The number of aliphatic carboxylic acids is 1. The van der Waals surface area contributed by atoms with Crippen molar-refractivity contribution in [3.05, 3.63) is 47.9 Å². The normalized spacial score (nSPS) is 11.3. The second-order valence-corrected chi connectivity index (χ2v) is 4.43. The minimum Gasteiger partial charge on any atom is -0.478 e. The number of nitrogens with zero attached hydrogens (tertiary/aromatic N) is 3. The van der Waals surface area contributed by atoms with Gasteiger partial charge in [0.2, 0.25) is 0 Å². The van der Waals surface area contributed by atoms with E-state index in [0.29, 0.717) is 17.3 Å². The van der Waals surface area contributed by atoms with Crippen LogP contribution >= 0.6 is 0 Å². The molecule has 0 atom stereocenters. The van der Waals surface area contributed by atoms with Gasteiger partial charge in [0, 0.05) is 24.0 Å². The van der Waals surface area contributed by atoms with Gasteiger partial charge in [-0.05, 0) is 30.2 Å². The first-order chi connectivity index (χ1) is 9.08. The molecular weight excluding hydrogens is 242 g/mol. The SMILES string of the molecule is CC(C)c1ccn(-c2ncccc2/C=C/C(=O)O)n1. The van der Waals surface area contributed by atoms with Gasteiger partial charge in [0.25, 0.3) is 0 Å². The standard InChI is InChI=1S/C14H15N3O2/c1-10(2)12-7-9-17(16-12)14-11(4-3-8-15-14)5-6-13(18)19/h3-10H,1-2H3,(H,18,19)/b6-5+. The second kappa shape index (κ2) is 5.48. The Bertz CT molecular complexity index is 615. The van der Waals surface area contributed by atoms with E-state index < -0.39 is 5.97 Å². The van der Waals surface area contributed by atoms with Crippen LogP contribution in [0, 0.1) is 0 Å². The fourth-order valence-electron chi connectivity index (χ4n) is 1.66. The zero-order chi connectivity index (χ0) is 13.8. The van der Waals surface area contributed by atoms with Crippen LogP contribution in [0.4, 0.5) is 0 Å². The van der Waals surface area contributed by atoms with Gasteiger partial charge in [0.1, 0.15) is 0 Å². The number of aromatic nitrogens is 3. The van der Waals surface area contributed by atoms with Crippen LogP contribution in [-0.2, 0) is 4.79 Å². The maximum Gasteiger partial charge on any atom is 0.328 e. The summed E-state index contributed by atoms with van der Waals surface area (Å²) in [5.74, 6) is -0.0342. The molecule has 98 valence electrons. The van der Waals surface area contributed by atoms with Crippen LogP contribution in [0.2, 0.25) is 0 Å². The smallest absolute Gasteiger partial charge is 0.328 e. The molecule has 0 saturated heterocycles. The summed E-state index contributed by atoms with van der Waals surface area (Å²) < 4.78 is 1.66. The maximum absolute atomic E-state index is 10.6. The summed E-state index contributed by atoms with van der Waals surface area (Å²) in [6.45, 7) is 4.13. The first-order valence-corrected chi connectivity index (χ1v) is 6.00. The average Bonchev–Trinajstić information content (AvgIpc) is 2.86. The lowest BCUT2D eigenvalue weighted by atomic mass is 10.1. The fourth-order valence-corrected chi connectivity index (χ4v) is 1.66. The van der Waals surface area contributed by atoms with Crippen molar-refractivity contribution in [1.29, 1.82) is 0 Å². The summed E-state index contributed by atoms with van der Waals surface area (Å²) >= 11 is 0. The molecule has 2 heterocycles. The first-order valence-electron chi connectivity index (χ1n) is 6.00. The largest absolute Gasteiger partial charge is 0.478 e. The van der Waals surface area contributed by atoms with Crippen molar-refractivity contribution >= 4 is 12.0 Å². The third-order valence-electron chi connectivity index (χ3n) is 2.64. The number of hydrogen-bond acceptors (Lipinski definition) is 3. The zero-order valence-corrected chi connectivity index (χ0v) is 10.8. The summed E-state index contributed by atoms with van der Waals surface area (Å²) in [5.41, 5.74) is 1.68. The lowest BCUT2D eigenvalue weighted by Gasteiger charge is -2.04. The molecule has 0 saturated carbocycles. The molecule has 19 heavy (non-hydrogen) atoms. The van der Waals surface area contributed by atoms with Gasteiger partial charge in [-0.15, -0.1) is 0 Å².